The smallest absolute Gasteiger partial charge is 0.266 e. The van der Waals surface area contributed by atoms with E-state index in [0.29, 0.717) is 31.2 Å². The van der Waals surface area contributed by atoms with Crippen molar-refractivity contribution in [2.45, 2.75) is 19.9 Å². The largest absolute Gasteiger partial charge is 0.483 e. The Kier molecular flexibility index (Phi) is 6.95. The van der Waals surface area contributed by atoms with Crippen LogP contribution in [0, 0.1) is 0 Å². The first kappa shape index (κ1) is 21.4. The number of hydrogen-bond donors (Lipinski definition) is 1. The first-order chi connectivity index (χ1) is 13.8. The van der Waals surface area contributed by atoms with Gasteiger partial charge in [0.15, 0.2) is 6.61 Å². The molecule has 1 saturated heterocycles. The van der Waals surface area contributed by atoms with Crippen molar-refractivity contribution in [1.29, 1.82) is 0 Å². The molecule has 5 nitrogen and oxygen atoms in total. The number of rotatable bonds is 6. The predicted octanol–water partition coefficient (Wildman–Crippen LogP) is 4.97. The Balaban J connectivity index is 1.69. The van der Waals surface area contributed by atoms with Gasteiger partial charge < -0.3 is 10.1 Å². The Hall–Kier alpha value is -2.35. The number of anilines is 1. The zero-order valence-corrected chi connectivity index (χ0v) is 18.2. The second-order valence-electron chi connectivity index (χ2n) is 6.53. The number of ether oxygens (including phenoxy) is 1. The zero-order valence-electron chi connectivity index (χ0n) is 15.8. The summed E-state index contributed by atoms with van der Waals surface area (Å²) in [6.07, 6.45) is 1.74. The molecule has 1 heterocycles. The summed E-state index contributed by atoms with van der Waals surface area (Å²) in [5, 5.41) is 3.34. The maximum absolute atomic E-state index is 12.6. The van der Waals surface area contributed by atoms with Crippen molar-refractivity contribution in [2.75, 3.05) is 11.9 Å². The van der Waals surface area contributed by atoms with E-state index in [1.807, 2.05) is 32.0 Å². The van der Waals surface area contributed by atoms with Gasteiger partial charge in [-0.1, -0.05) is 53.8 Å². The van der Waals surface area contributed by atoms with Gasteiger partial charge >= 0.3 is 0 Å². The van der Waals surface area contributed by atoms with Crippen LogP contribution >= 0.6 is 35.6 Å². The van der Waals surface area contributed by atoms with E-state index in [1.165, 1.54) is 11.8 Å². The van der Waals surface area contributed by atoms with Crippen molar-refractivity contribution in [3.05, 3.63) is 64.0 Å². The topological polar surface area (TPSA) is 58.6 Å². The quantitative estimate of drug-likeness (QED) is 0.501. The highest BCUT2D eigenvalue weighted by molar-refractivity contribution is 8.26. The summed E-state index contributed by atoms with van der Waals surface area (Å²) in [5.41, 5.74) is 1.34. The Morgan fingerprint density at radius 3 is 2.59 bits per heavy atom. The molecule has 2 aromatic rings. The number of carbonyl (C=O) groups is 2. The molecule has 1 fully saturated rings. The van der Waals surface area contributed by atoms with Gasteiger partial charge in [0.1, 0.15) is 10.1 Å². The summed E-state index contributed by atoms with van der Waals surface area (Å²) in [6.45, 7) is 3.68. The minimum atomic E-state index is -0.298. The lowest BCUT2D eigenvalue weighted by molar-refractivity contribution is -0.123. The third-order valence-electron chi connectivity index (χ3n) is 4.03. The molecular weight excluding hydrogens is 428 g/mol. The monoisotopic (exact) mass is 446 g/mol. The molecule has 0 unspecified atom stereocenters. The summed E-state index contributed by atoms with van der Waals surface area (Å²) in [5.74, 6) is 0.0899. The molecule has 2 aromatic carbocycles. The highest BCUT2D eigenvalue weighted by Gasteiger charge is 2.33. The van der Waals surface area contributed by atoms with Gasteiger partial charge in [0.25, 0.3) is 11.8 Å². The average Bonchev–Trinajstić information content (AvgIpc) is 2.96. The number of thiocarbonyl (C=S) groups is 1. The van der Waals surface area contributed by atoms with E-state index in [1.54, 1.807) is 41.3 Å². The molecule has 0 atom stereocenters. The van der Waals surface area contributed by atoms with Gasteiger partial charge in [-0.3, -0.25) is 14.5 Å². The number of para-hydroxylation sites is 1. The number of carbonyl (C=O) groups excluding carboxylic acids is 2. The van der Waals surface area contributed by atoms with Crippen molar-refractivity contribution in [1.82, 2.24) is 4.90 Å². The molecular formula is C21H19ClN2O3S2. The number of thioether (sulfide) groups is 1. The van der Waals surface area contributed by atoms with Gasteiger partial charge in [-0.25, -0.2) is 0 Å². The first-order valence-corrected chi connectivity index (χ1v) is 10.5. The molecule has 1 aliphatic heterocycles. The molecule has 1 aliphatic rings. The molecule has 3 rings (SSSR count). The van der Waals surface area contributed by atoms with Gasteiger partial charge in [-0.2, -0.15) is 0 Å². The molecule has 0 aliphatic carbocycles. The number of amides is 2. The van der Waals surface area contributed by atoms with Crippen molar-refractivity contribution < 1.29 is 14.3 Å². The van der Waals surface area contributed by atoms with E-state index in [0.717, 1.165) is 0 Å². The first-order valence-electron chi connectivity index (χ1n) is 8.89. The summed E-state index contributed by atoms with van der Waals surface area (Å²) in [4.78, 5) is 26.9. The number of hydrogen-bond acceptors (Lipinski definition) is 5. The molecule has 0 aromatic heterocycles. The summed E-state index contributed by atoms with van der Waals surface area (Å²) in [6, 6.07) is 14.0. The lowest BCUT2D eigenvalue weighted by atomic mass is 10.2. The Morgan fingerprint density at radius 1 is 1.24 bits per heavy atom. The summed E-state index contributed by atoms with van der Waals surface area (Å²) in [7, 11) is 0. The normalized spacial score (nSPS) is 15.3. The number of nitrogens with zero attached hydrogens (tertiary/aromatic N) is 1. The minimum Gasteiger partial charge on any atom is -0.483 e. The third-order valence-corrected chi connectivity index (χ3v) is 5.61. The molecule has 150 valence electrons. The Morgan fingerprint density at radius 2 is 1.93 bits per heavy atom. The van der Waals surface area contributed by atoms with Crippen LogP contribution < -0.4 is 10.1 Å². The fourth-order valence-corrected chi connectivity index (χ4v) is 4.31. The molecule has 0 spiro atoms. The van der Waals surface area contributed by atoms with Crippen LogP contribution in [0.2, 0.25) is 5.02 Å². The second kappa shape index (κ2) is 9.43. The van der Waals surface area contributed by atoms with E-state index in [2.05, 4.69) is 5.32 Å². The number of benzene rings is 2. The van der Waals surface area contributed by atoms with E-state index in [9.17, 15) is 9.59 Å². The van der Waals surface area contributed by atoms with Crippen LogP contribution in [0.25, 0.3) is 6.08 Å². The lowest BCUT2D eigenvalue weighted by Crippen LogP contribution is -2.34. The highest BCUT2D eigenvalue weighted by atomic mass is 35.5. The van der Waals surface area contributed by atoms with Gasteiger partial charge in [-0.05, 0) is 50.3 Å². The number of nitrogens with one attached hydrogen (secondary N) is 1. The molecule has 1 N–H and O–H groups in total. The summed E-state index contributed by atoms with van der Waals surface area (Å²) >= 11 is 12.4. The van der Waals surface area contributed by atoms with E-state index in [-0.39, 0.29) is 24.5 Å². The van der Waals surface area contributed by atoms with Gasteiger partial charge in [0.2, 0.25) is 0 Å². The third kappa shape index (κ3) is 5.38. The Labute approximate surface area is 184 Å². The maximum atomic E-state index is 12.6. The molecule has 2 amide bonds. The lowest BCUT2D eigenvalue weighted by Gasteiger charge is -2.18. The molecule has 29 heavy (non-hydrogen) atoms. The molecule has 0 radical (unpaired) electrons. The van der Waals surface area contributed by atoms with Crippen molar-refractivity contribution in [3.63, 3.8) is 0 Å². The van der Waals surface area contributed by atoms with E-state index >= 15 is 0 Å². The summed E-state index contributed by atoms with van der Waals surface area (Å²) < 4.78 is 6.23. The zero-order chi connectivity index (χ0) is 21.0. The maximum Gasteiger partial charge on any atom is 0.266 e. The fraction of sp³-hybridized carbons (Fsp3) is 0.190. The van der Waals surface area contributed by atoms with E-state index in [4.69, 9.17) is 28.6 Å². The van der Waals surface area contributed by atoms with Crippen LogP contribution in [0.1, 0.15) is 19.4 Å². The molecule has 0 bridgehead atoms. The van der Waals surface area contributed by atoms with Crippen LogP contribution in [0.3, 0.4) is 0 Å². The molecule has 8 heteroatoms. The van der Waals surface area contributed by atoms with Crippen LogP contribution in [-0.2, 0) is 9.59 Å². The number of halogens is 1. The van der Waals surface area contributed by atoms with E-state index < -0.39 is 0 Å². The minimum absolute atomic E-state index is 0.00328. The highest BCUT2D eigenvalue weighted by Crippen LogP contribution is 2.35. The second-order valence-corrected chi connectivity index (χ2v) is 8.64. The van der Waals surface area contributed by atoms with Crippen LogP contribution in [0.15, 0.2) is 53.4 Å². The fourth-order valence-electron chi connectivity index (χ4n) is 2.67. The van der Waals surface area contributed by atoms with Crippen molar-refractivity contribution in [2.24, 2.45) is 0 Å². The van der Waals surface area contributed by atoms with Crippen molar-refractivity contribution in [3.8, 4) is 5.75 Å². The van der Waals surface area contributed by atoms with Crippen LogP contribution in [0.5, 0.6) is 5.75 Å². The predicted molar refractivity (Wildman–Crippen MR) is 122 cm³/mol. The van der Waals surface area contributed by atoms with Crippen molar-refractivity contribution >= 4 is 63.5 Å². The Bertz CT molecular complexity index is 974. The SMILES string of the molecule is CC(C)N1C(=O)/C(=C/c2ccccc2OCC(=O)Nc2ccc(Cl)cc2)SC1=S. The van der Waals surface area contributed by atoms with Crippen LogP contribution in [-0.4, -0.2) is 33.7 Å². The molecule has 0 saturated carbocycles. The average molecular weight is 447 g/mol. The van der Waals surface area contributed by atoms with Crippen LogP contribution in [0.4, 0.5) is 5.69 Å². The van der Waals surface area contributed by atoms with Gasteiger partial charge in [0, 0.05) is 22.3 Å². The standard InChI is InChI=1S/C21H19ClN2O3S2/c1-13(2)24-20(26)18(29-21(24)28)11-14-5-3-4-6-17(14)27-12-19(25)23-16-9-7-15(22)8-10-16/h3-11,13H,12H2,1-2H3,(H,23,25)/b18-11-. The van der Waals surface area contributed by atoms with Gasteiger partial charge in [0.05, 0.1) is 4.91 Å². The van der Waals surface area contributed by atoms with Gasteiger partial charge in [-0.15, -0.1) is 0 Å².